The van der Waals surface area contributed by atoms with Gasteiger partial charge in [-0.05, 0) is 31.0 Å². The molecule has 0 aliphatic rings. The predicted molar refractivity (Wildman–Crippen MR) is 79.3 cm³/mol. The Kier molecular flexibility index (Phi) is 4.74. The first kappa shape index (κ1) is 13.8. The van der Waals surface area contributed by atoms with Gasteiger partial charge in [-0.3, -0.25) is 4.68 Å². The summed E-state index contributed by atoms with van der Waals surface area (Å²) in [7, 11) is 0. The lowest BCUT2D eigenvalue weighted by molar-refractivity contribution is 0.659. The lowest BCUT2D eigenvalue weighted by Gasteiger charge is -2.07. The molecule has 0 saturated carbocycles. The van der Waals surface area contributed by atoms with E-state index in [9.17, 15) is 0 Å². The molecule has 1 aromatic heterocycles. The second-order valence-electron chi connectivity index (χ2n) is 4.86. The van der Waals surface area contributed by atoms with Crippen LogP contribution in [0.1, 0.15) is 36.2 Å². The largest absolute Gasteiger partial charge is 0.313 e. The van der Waals surface area contributed by atoms with Crippen molar-refractivity contribution in [2.45, 2.75) is 40.3 Å². The second-order valence-corrected chi connectivity index (χ2v) is 4.86. The topological polar surface area (TPSA) is 29.9 Å². The summed E-state index contributed by atoms with van der Waals surface area (Å²) < 4.78 is 2.08. The van der Waals surface area contributed by atoms with Gasteiger partial charge in [0, 0.05) is 17.8 Å². The molecule has 0 aliphatic carbocycles. The quantitative estimate of drug-likeness (QED) is 0.862. The maximum absolute atomic E-state index is 4.48. The Bertz CT molecular complexity index is 511. The van der Waals surface area contributed by atoms with Gasteiger partial charge in [0.2, 0.25) is 0 Å². The number of nitrogens with zero attached hydrogens (tertiary/aromatic N) is 2. The summed E-state index contributed by atoms with van der Waals surface area (Å²) in [6.07, 6.45) is 3.06. The van der Waals surface area contributed by atoms with Crippen LogP contribution in [0.5, 0.6) is 0 Å². The Morgan fingerprint density at radius 1 is 1.11 bits per heavy atom. The maximum Gasteiger partial charge on any atom is 0.0662 e. The number of aromatic nitrogens is 2. The minimum Gasteiger partial charge on any atom is -0.313 e. The Morgan fingerprint density at radius 2 is 1.79 bits per heavy atom. The first-order chi connectivity index (χ1) is 9.24. The average molecular weight is 257 g/mol. The Morgan fingerprint density at radius 3 is 2.42 bits per heavy atom. The van der Waals surface area contributed by atoms with Gasteiger partial charge in [-0.15, -0.1) is 0 Å². The number of aryl methyl sites for hydroxylation is 1. The van der Waals surface area contributed by atoms with E-state index in [-0.39, 0.29) is 0 Å². The van der Waals surface area contributed by atoms with E-state index < -0.39 is 0 Å². The SMILES string of the molecule is CCNCc1cnn(Cc2ccc(CC)cc2)c1C. The van der Waals surface area contributed by atoms with Gasteiger partial charge in [0.25, 0.3) is 0 Å². The van der Waals surface area contributed by atoms with Gasteiger partial charge >= 0.3 is 0 Å². The van der Waals surface area contributed by atoms with Crippen molar-refractivity contribution in [3.8, 4) is 0 Å². The minimum atomic E-state index is 0.849. The highest BCUT2D eigenvalue weighted by molar-refractivity contribution is 5.24. The van der Waals surface area contributed by atoms with Gasteiger partial charge in [0.1, 0.15) is 0 Å². The van der Waals surface area contributed by atoms with Crippen molar-refractivity contribution in [2.75, 3.05) is 6.54 Å². The zero-order chi connectivity index (χ0) is 13.7. The van der Waals surface area contributed by atoms with Crippen LogP contribution in [0, 0.1) is 6.92 Å². The predicted octanol–water partition coefficient (Wildman–Crippen LogP) is 2.91. The lowest BCUT2D eigenvalue weighted by atomic mass is 10.1. The molecule has 0 fully saturated rings. The van der Waals surface area contributed by atoms with Gasteiger partial charge in [0.05, 0.1) is 12.7 Å². The fourth-order valence-electron chi connectivity index (χ4n) is 2.13. The van der Waals surface area contributed by atoms with E-state index in [2.05, 4.69) is 60.1 Å². The summed E-state index contributed by atoms with van der Waals surface area (Å²) in [4.78, 5) is 0. The molecule has 2 aromatic rings. The molecule has 19 heavy (non-hydrogen) atoms. The van der Waals surface area contributed by atoms with Crippen LogP contribution in [-0.4, -0.2) is 16.3 Å². The van der Waals surface area contributed by atoms with Crippen LogP contribution in [0.15, 0.2) is 30.5 Å². The summed E-state index contributed by atoms with van der Waals surface area (Å²) in [6, 6.07) is 8.80. The van der Waals surface area contributed by atoms with Crippen LogP contribution in [0.25, 0.3) is 0 Å². The van der Waals surface area contributed by atoms with Crippen LogP contribution >= 0.6 is 0 Å². The van der Waals surface area contributed by atoms with Crippen LogP contribution in [-0.2, 0) is 19.5 Å². The van der Waals surface area contributed by atoms with E-state index in [1.807, 2.05) is 6.20 Å². The molecular weight excluding hydrogens is 234 g/mol. The second kappa shape index (κ2) is 6.53. The molecular formula is C16H23N3. The summed E-state index contributed by atoms with van der Waals surface area (Å²) >= 11 is 0. The van der Waals surface area contributed by atoms with E-state index in [0.717, 1.165) is 26.1 Å². The first-order valence-electron chi connectivity index (χ1n) is 7.04. The van der Waals surface area contributed by atoms with Gasteiger partial charge in [-0.2, -0.15) is 5.10 Å². The molecule has 1 aromatic carbocycles. The molecule has 0 atom stereocenters. The fourth-order valence-corrected chi connectivity index (χ4v) is 2.13. The highest BCUT2D eigenvalue weighted by Gasteiger charge is 2.06. The van der Waals surface area contributed by atoms with E-state index in [0.29, 0.717) is 0 Å². The molecule has 0 amide bonds. The third kappa shape index (κ3) is 3.44. The zero-order valence-electron chi connectivity index (χ0n) is 12.1. The number of hydrogen-bond acceptors (Lipinski definition) is 2. The number of rotatable bonds is 6. The molecule has 3 nitrogen and oxygen atoms in total. The molecule has 1 N–H and O–H groups in total. The highest BCUT2D eigenvalue weighted by atomic mass is 15.3. The van der Waals surface area contributed by atoms with Crippen molar-refractivity contribution in [1.29, 1.82) is 0 Å². The molecule has 0 saturated heterocycles. The van der Waals surface area contributed by atoms with Crippen molar-refractivity contribution >= 4 is 0 Å². The number of nitrogens with one attached hydrogen (secondary N) is 1. The average Bonchev–Trinajstić information content (AvgIpc) is 2.78. The Balaban J connectivity index is 2.07. The van der Waals surface area contributed by atoms with E-state index >= 15 is 0 Å². The molecule has 0 spiro atoms. The standard InChI is InChI=1S/C16H23N3/c1-4-14-6-8-15(9-7-14)12-19-13(3)16(11-18-19)10-17-5-2/h6-9,11,17H,4-5,10,12H2,1-3H3. The number of hydrogen-bond donors (Lipinski definition) is 1. The van der Waals surface area contributed by atoms with Crippen molar-refractivity contribution < 1.29 is 0 Å². The summed E-state index contributed by atoms with van der Waals surface area (Å²) in [5.41, 5.74) is 5.22. The van der Waals surface area contributed by atoms with Crippen molar-refractivity contribution in [1.82, 2.24) is 15.1 Å². The molecule has 2 rings (SSSR count). The molecule has 0 unspecified atom stereocenters. The monoisotopic (exact) mass is 257 g/mol. The van der Waals surface area contributed by atoms with E-state index in [1.165, 1.54) is 22.4 Å². The van der Waals surface area contributed by atoms with Gasteiger partial charge in [-0.25, -0.2) is 0 Å². The molecule has 0 aliphatic heterocycles. The van der Waals surface area contributed by atoms with Crippen molar-refractivity contribution in [3.05, 3.63) is 52.8 Å². The van der Waals surface area contributed by atoms with Crippen LogP contribution in [0.2, 0.25) is 0 Å². The van der Waals surface area contributed by atoms with Crippen LogP contribution < -0.4 is 5.32 Å². The summed E-state index contributed by atoms with van der Waals surface area (Å²) in [5.74, 6) is 0. The Hall–Kier alpha value is -1.61. The summed E-state index contributed by atoms with van der Waals surface area (Å²) in [5, 5.41) is 7.83. The minimum absolute atomic E-state index is 0.849. The third-order valence-electron chi connectivity index (χ3n) is 3.53. The van der Waals surface area contributed by atoms with Crippen molar-refractivity contribution in [2.24, 2.45) is 0 Å². The molecule has 0 bridgehead atoms. The third-order valence-corrected chi connectivity index (χ3v) is 3.53. The summed E-state index contributed by atoms with van der Waals surface area (Å²) in [6.45, 7) is 9.18. The molecule has 102 valence electrons. The Labute approximate surface area is 115 Å². The smallest absolute Gasteiger partial charge is 0.0662 e. The van der Waals surface area contributed by atoms with Crippen molar-refractivity contribution in [3.63, 3.8) is 0 Å². The first-order valence-corrected chi connectivity index (χ1v) is 7.04. The molecule has 1 heterocycles. The fraction of sp³-hybridized carbons (Fsp3) is 0.438. The van der Waals surface area contributed by atoms with Crippen LogP contribution in [0.4, 0.5) is 0 Å². The van der Waals surface area contributed by atoms with E-state index in [1.54, 1.807) is 0 Å². The van der Waals surface area contributed by atoms with Crippen LogP contribution in [0.3, 0.4) is 0 Å². The van der Waals surface area contributed by atoms with Gasteiger partial charge < -0.3 is 5.32 Å². The van der Waals surface area contributed by atoms with Gasteiger partial charge in [-0.1, -0.05) is 38.1 Å². The number of benzene rings is 1. The maximum atomic E-state index is 4.48. The van der Waals surface area contributed by atoms with Gasteiger partial charge in [0.15, 0.2) is 0 Å². The highest BCUT2D eigenvalue weighted by Crippen LogP contribution is 2.11. The van der Waals surface area contributed by atoms with E-state index in [4.69, 9.17) is 0 Å². The molecule has 0 radical (unpaired) electrons. The normalized spacial score (nSPS) is 10.9. The lowest BCUT2D eigenvalue weighted by Crippen LogP contribution is -2.12. The molecule has 3 heteroatoms. The zero-order valence-corrected chi connectivity index (χ0v) is 12.1.